The van der Waals surface area contributed by atoms with E-state index in [1.54, 1.807) is 0 Å². The smallest absolute Gasteiger partial charge is 0.178 e. The van der Waals surface area contributed by atoms with E-state index >= 15 is 0 Å². The summed E-state index contributed by atoms with van der Waals surface area (Å²) in [5, 5.41) is 2.83. The SMILES string of the molecule is [B]NC1CCCC(C)C1. The third-order valence-electron chi connectivity index (χ3n) is 2.17. The molecule has 2 heteroatoms. The van der Waals surface area contributed by atoms with Gasteiger partial charge >= 0.3 is 0 Å². The average Bonchev–Trinajstić information content (AvgIpc) is 1.88. The molecule has 0 aromatic heterocycles. The minimum absolute atomic E-state index is 0.591. The Morgan fingerprint density at radius 3 is 2.67 bits per heavy atom. The van der Waals surface area contributed by atoms with Gasteiger partial charge in [-0.1, -0.05) is 19.8 Å². The fourth-order valence-electron chi connectivity index (χ4n) is 1.59. The van der Waals surface area contributed by atoms with Crippen LogP contribution in [0.5, 0.6) is 0 Å². The summed E-state index contributed by atoms with van der Waals surface area (Å²) in [6.07, 6.45) is 5.26. The fraction of sp³-hybridized carbons (Fsp3) is 1.00. The minimum atomic E-state index is 0.591. The molecule has 0 spiro atoms. The first kappa shape index (κ1) is 7.14. The van der Waals surface area contributed by atoms with Gasteiger partial charge in [-0.05, 0) is 24.8 Å². The molecule has 0 saturated heterocycles. The number of nitrogens with one attached hydrogen (secondary N) is 1. The van der Waals surface area contributed by atoms with Crippen molar-refractivity contribution in [2.24, 2.45) is 5.92 Å². The standard InChI is InChI=1S/C7H14BN/c1-6-3-2-4-7(5-6)9-8/h6-7,9H,2-5H2,1H3. The molecule has 2 radical (unpaired) electrons. The molecule has 9 heavy (non-hydrogen) atoms. The van der Waals surface area contributed by atoms with Crippen LogP contribution in [0.4, 0.5) is 0 Å². The molecule has 1 nitrogen and oxygen atoms in total. The molecular weight excluding hydrogens is 109 g/mol. The second-order valence-electron chi connectivity index (χ2n) is 3.14. The first-order valence-electron chi connectivity index (χ1n) is 3.79. The van der Waals surface area contributed by atoms with E-state index in [9.17, 15) is 0 Å². The van der Waals surface area contributed by atoms with Gasteiger partial charge in [-0.15, -0.1) is 0 Å². The Morgan fingerprint density at radius 1 is 1.44 bits per heavy atom. The summed E-state index contributed by atoms with van der Waals surface area (Å²) in [6, 6.07) is 0.591. The van der Waals surface area contributed by atoms with E-state index in [1.165, 1.54) is 25.7 Å². The van der Waals surface area contributed by atoms with E-state index in [4.69, 9.17) is 7.98 Å². The van der Waals surface area contributed by atoms with Gasteiger partial charge in [0.05, 0.1) is 0 Å². The molecule has 1 saturated carbocycles. The molecule has 1 N–H and O–H groups in total. The summed E-state index contributed by atoms with van der Waals surface area (Å²) in [6.45, 7) is 2.30. The number of hydrogen-bond acceptors (Lipinski definition) is 1. The van der Waals surface area contributed by atoms with E-state index in [2.05, 4.69) is 12.2 Å². The van der Waals surface area contributed by atoms with E-state index in [0.717, 1.165) is 5.92 Å². The molecule has 0 aromatic rings. The zero-order chi connectivity index (χ0) is 6.69. The lowest BCUT2D eigenvalue weighted by Gasteiger charge is -2.26. The highest BCUT2D eigenvalue weighted by molar-refractivity contribution is 6.04. The summed E-state index contributed by atoms with van der Waals surface area (Å²) >= 11 is 0. The van der Waals surface area contributed by atoms with Crippen molar-refractivity contribution in [1.82, 2.24) is 5.23 Å². The Bertz CT molecular complexity index is 85.0. The molecule has 0 heterocycles. The normalized spacial score (nSPS) is 36.6. The second-order valence-corrected chi connectivity index (χ2v) is 3.14. The van der Waals surface area contributed by atoms with Gasteiger partial charge in [0.1, 0.15) is 0 Å². The minimum Gasteiger partial charge on any atom is -0.364 e. The monoisotopic (exact) mass is 123 g/mol. The van der Waals surface area contributed by atoms with Crippen molar-refractivity contribution in [2.75, 3.05) is 0 Å². The highest BCUT2D eigenvalue weighted by Crippen LogP contribution is 2.22. The summed E-state index contributed by atoms with van der Waals surface area (Å²) in [7, 11) is 5.32. The third kappa shape index (κ3) is 2.01. The highest BCUT2D eigenvalue weighted by Gasteiger charge is 2.15. The van der Waals surface area contributed by atoms with Crippen molar-refractivity contribution < 1.29 is 0 Å². The van der Waals surface area contributed by atoms with Gasteiger partial charge in [0.2, 0.25) is 0 Å². The van der Waals surface area contributed by atoms with Crippen molar-refractivity contribution in [3.63, 3.8) is 0 Å². The topological polar surface area (TPSA) is 12.0 Å². The zero-order valence-corrected chi connectivity index (χ0v) is 6.06. The van der Waals surface area contributed by atoms with Crippen molar-refractivity contribution in [1.29, 1.82) is 0 Å². The van der Waals surface area contributed by atoms with Crippen LogP contribution in [-0.4, -0.2) is 14.0 Å². The molecule has 1 fully saturated rings. The van der Waals surface area contributed by atoms with Gasteiger partial charge in [0.25, 0.3) is 0 Å². The van der Waals surface area contributed by atoms with Gasteiger partial charge in [-0.25, -0.2) is 0 Å². The first-order chi connectivity index (χ1) is 4.33. The van der Waals surface area contributed by atoms with Crippen LogP contribution in [0.15, 0.2) is 0 Å². The largest absolute Gasteiger partial charge is 0.364 e. The molecule has 0 bridgehead atoms. The summed E-state index contributed by atoms with van der Waals surface area (Å²) in [4.78, 5) is 0. The highest BCUT2D eigenvalue weighted by atomic mass is 14.8. The quantitative estimate of drug-likeness (QED) is 0.517. The van der Waals surface area contributed by atoms with Gasteiger partial charge in [-0.2, -0.15) is 0 Å². The summed E-state index contributed by atoms with van der Waals surface area (Å²) < 4.78 is 0. The first-order valence-corrected chi connectivity index (χ1v) is 3.79. The van der Waals surface area contributed by atoms with Crippen molar-refractivity contribution in [2.45, 2.75) is 38.6 Å². The lowest BCUT2D eigenvalue weighted by molar-refractivity contribution is 0.330. The van der Waals surface area contributed by atoms with Crippen molar-refractivity contribution >= 4 is 7.98 Å². The van der Waals surface area contributed by atoms with Gasteiger partial charge in [0, 0.05) is 0 Å². The van der Waals surface area contributed by atoms with E-state index < -0.39 is 0 Å². The van der Waals surface area contributed by atoms with Gasteiger partial charge in [0.15, 0.2) is 7.98 Å². The van der Waals surface area contributed by atoms with Crippen LogP contribution in [0, 0.1) is 5.92 Å². The van der Waals surface area contributed by atoms with Gasteiger partial charge < -0.3 is 5.23 Å². The Hall–Kier alpha value is 0.0249. The van der Waals surface area contributed by atoms with Crippen LogP contribution in [0.25, 0.3) is 0 Å². The number of rotatable bonds is 1. The Balaban J connectivity index is 2.23. The van der Waals surface area contributed by atoms with Crippen molar-refractivity contribution in [3.8, 4) is 0 Å². The molecule has 1 aliphatic rings. The van der Waals surface area contributed by atoms with Crippen LogP contribution < -0.4 is 5.23 Å². The average molecular weight is 123 g/mol. The Labute approximate surface area is 58.6 Å². The molecule has 1 aliphatic carbocycles. The zero-order valence-electron chi connectivity index (χ0n) is 6.06. The molecule has 0 aromatic carbocycles. The van der Waals surface area contributed by atoms with Crippen LogP contribution >= 0.6 is 0 Å². The molecule has 0 aliphatic heterocycles. The maximum atomic E-state index is 5.32. The van der Waals surface area contributed by atoms with Crippen LogP contribution in [0.3, 0.4) is 0 Å². The molecular formula is C7H14BN. The predicted octanol–water partition coefficient (Wildman–Crippen LogP) is 1.24. The fourth-order valence-corrected chi connectivity index (χ4v) is 1.59. The summed E-state index contributed by atoms with van der Waals surface area (Å²) in [5.41, 5.74) is 0. The maximum absolute atomic E-state index is 5.32. The maximum Gasteiger partial charge on any atom is 0.178 e. The van der Waals surface area contributed by atoms with Crippen molar-refractivity contribution in [3.05, 3.63) is 0 Å². The van der Waals surface area contributed by atoms with Crippen LogP contribution in [-0.2, 0) is 0 Å². The molecule has 0 amide bonds. The van der Waals surface area contributed by atoms with Gasteiger partial charge in [-0.3, -0.25) is 0 Å². The lowest BCUT2D eigenvalue weighted by atomic mass is 9.86. The Kier molecular flexibility index (Phi) is 2.58. The molecule has 2 unspecified atom stereocenters. The van der Waals surface area contributed by atoms with Crippen LogP contribution in [0.1, 0.15) is 32.6 Å². The number of hydrogen-bond donors (Lipinski definition) is 1. The predicted molar refractivity (Wildman–Crippen MR) is 40.3 cm³/mol. The third-order valence-corrected chi connectivity index (χ3v) is 2.17. The summed E-state index contributed by atoms with van der Waals surface area (Å²) in [5.74, 6) is 0.875. The Morgan fingerprint density at radius 2 is 2.22 bits per heavy atom. The molecule has 2 atom stereocenters. The second kappa shape index (κ2) is 3.26. The molecule has 50 valence electrons. The van der Waals surface area contributed by atoms with E-state index in [-0.39, 0.29) is 0 Å². The lowest BCUT2D eigenvalue weighted by Crippen LogP contribution is -2.31. The molecule has 1 rings (SSSR count). The van der Waals surface area contributed by atoms with E-state index in [0.29, 0.717) is 6.04 Å². The van der Waals surface area contributed by atoms with E-state index in [1.807, 2.05) is 0 Å². The van der Waals surface area contributed by atoms with Crippen LogP contribution in [0.2, 0.25) is 0 Å².